The summed E-state index contributed by atoms with van der Waals surface area (Å²) in [5.41, 5.74) is 1.69. The van der Waals surface area contributed by atoms with E-state index >= 15 is 0 Å². The monoisotopic (exact) mass is 344 g/mol. The summed E-state index contributed by atoms with van der Waals surface area (Å²) < 4.78 is 2.14. The van der Waals surface area contributed by atoms with Crippen molar-refractivity contribution in [2.24, 2.45) is 0 Å². The zero-order valence-electron chi connectivity index (χ0n) is 15.0. The number of carbonyl (C=O) groups is 1. The van der Waals surface area contributed by atoms with Crippen LogP contribution in [0.25, 0.3) is 11.4 Å². The van der Waals surface area contributed by atoms with E-state index in [2.05, 4.69) is 27.1 Å². The summed E-state index contributed by atoms with van der Waals surface area (Å²) in [5, 5.41) is 14.8. The van der Waals surface area contributed by atoms with Crippen LogP contribution in [0.1, 0.15) is 39.5 Å². The fraction of sp³-hybridized carbons (Fsp3) is 0.474. The van der Waals surface area contributed by atoms with Crippen LogP contribution in [0.4, 0.5) is 10.5 Å². The number of benzene rings is 1. The molecule has 6 heteroatoms. The maximum Gasteiger partial charge on any atom is 0.319 e. The molecule has 0 spiro atoms. The minimum atomic E-state index is -0.258. The number of hydrogen-bond donors (Lipinski definition) is 3. The maximum atomic E-state index is 12.1. The third-order valence-corrected chi connectivity index (χ3v) is 4.15. The summed E-state index contributed by atoms with van der Waals surface area (Å²) >= 11 is 0. The van der Waals surface area contributed by atoms with Gasteiger partial charge in [0.05, 0.1) is 0 Å². The molecule has 2 rings (SSSR count). The molecule has 1 unspecified atom stereocenters. The predicted molar refractivity (Wildman–Crippen MR) is 101 cm³/mol. The maximum absolute atomic E-state index is 12.1. The summed E-state index contributed by atoms with van der Waals surface area (Å²) in [5.74, 6) is 0.907. The molecule has 2 aromatic rings. The molecule has 1 heterocycles. The normalized spacial score (nSPS) is 12.0. The molecule has 0 bridgehead atoms. The Morgan fingerprint density at radius 1 is 1.36 bits per heavy atom. The molecule has 1 aromatic heterocycles. The van der Waals surface area contributed by atoms with Gasteiger partial charge in [0.1, 0.15) is 5.82 Å². The Kier molecular flexibility index (Phi) is 7.47. The van der Waals surface area contributed by atoms with E-state index in [-0.39, 0.29) is 18.7 Å². The first-order chi connectivity index (χ1) is 12.2. The van der Waals surface area contributed by atoms with Crippen molar-refractivity contribution in [2.45, 2.75) is 52.1 Å². The van der Waals surface area contributed by atoms with Crippen molar-refractivity contribution in [3.63, 3.8) is 0 Å². The molecule has 0 saturated carbocycles. The molecule has 1 atom stereocenters. The molecule has 2 amide bonds. The number of nitrogens with one attached hydrogen (secondary N) is 2. The number of rotatable bonds is 9. The lowest BCUT2D eigenvalue weighted by Gasteiger charge is -2.16. The molecule has 0 aliphatic heterocycles. The van der Waals surface area contributed by atoms with E-state index in [1.54, 1.807) is 6.20 Å². The molecule has 0 aliphatic carbocycles. The largest absolute Gasteiger partial charge is 0.396 e. The number of carbonyl (C=O) groups excluding carboxylic acids is 1. The fourth-order valence-corrected chi connectivity index (χ4v) is 2.70. The molecule has 0 saturated heterocycles. The predicted octanol–water partition coefficient (Wildman–Crippen LogP) is 3.63. The van der Waals surface area contributed by atoms with Gasteiger partial charge in [-0.05, 0) is 31.4 Å². The van der Waals surface area contributed by atoms with Crippen LogP contribution in [0.2, 0.25) is 0 Å². The summed E-state index contributed by atoms with van der Waals surface area (Å²) in [7, 11) is 0. The van der Waals surface area contributed by atoms with Gasteiger partial charge < -0.3 is 20.3 Å². The van der Waals surface area contributed by atoms with Crippen molar-refractivity contribution in [2.75, 3.05) is 11.9 Å². The number of imidazole rings is 1. The van der Waals surface area contributed by atoms with Crippen LogP contribution in [0.5, 0.6) is 0 Å². The van der Waals surface area contributed by atoms with Crippen molar-refractivity contribution in [1.82, 2.24) is 14.9 Å². The Balaban J connectivity index is 2.06. The molecule has 25 heavy (non-hydrogen) atoms. The van der Waals surface area contributed by atoms with Gasteiger partial charge >= 0.3 is 6.03 Å². The van der Waals surface area contributed by atoms with Gasteiger partial charge in [0.15, 0.2) is 0 Å². The van der Waals surface area contributed by atoms with Crippen molar-refractivity contribution in [3.8, 4) is 11.4 Å². The number of hydrogen-bond acceptors (Lipinski definition) is 3. The Morgan fingerprint density at radius 2 is 2.20 bits per heavy atom. The van der Waals surface area contributed by atoms with Crippen molar-refractivity contribution in [1.29, 1.82) is 0 Å². The van der Waals surface area contributed by atoms with E-state index in [0.717, 1.165) is 42.9 Å². The second kappa shape index (κ2) is 9.84. The number of amides is 2. The third-order valence-electron chi connectivity index (χ3n) is 4.15. The number of nitrogens with zero attached hydrogens (tertiary/aromatic N) is 2. The van der Waals surface area contributed by atoms with Gasteiger partial charge in [-0.25, -0.2) is 9.78 Å². The minimum Gasteiger partial charge on any atom is -0.396 e. The van der Waals surface area contributed by atoms with Gasteiger partial charge in [-0.15, -0.1) is 0 Å². The SMILES string of the molecule is CCCCn1ccnc1-c1cccc(NC(=O)NC(CC)CCO)c1. The van der Waals surface area contributed by atoms with Crippen molar-refractivity contribution >= 4 is 11.7 Å². The Labute approximate surface area is 149 Å². The summed E-state index contributed by atoms with van der Waals surface area (Å²) in [6.07, 6.45) is 7.36. The van der Waals surface area contributed by atoms with Crippen LogP contribution in [-0.4, -0.2) is 33.3 Å². The van der Waals surface area contributed by atoms with E-state index in [0.29, 0.717) is 6.42 Å². The summed E-state index contributed by atoms with van der Waals surface area (Å²) in [6.45, 7) is 5.15. The number of aliphatic hydroxyl groups excluding tert-OH is 1. The molecule has 6 nitrogen and oxygen atoms in total. The molecule has 1 aromatic carbocycles. The van der Waals surface area contributed by atoms with E-state index in [1.807, 2.05) is 37.4 Å². The molecule has 0 fully saturated rings. The van der Waals surface area contributed by atoms with Crippen LogP contribution in [-0.2, 0) is 6.54 Å². The summed E-state index contributed by atoms with van der Waals surface area (Å²) in [6, 6.07) is 7.41. The average molecular weight is 344 g/mol. The van der Waals surface area contributed by atoms with Gasteiger partial charge in [0.25, 0.3) is 0 Å². The number of urea groups is 1. The lowest BCUT2D eigenvalue weighted by atomic mass is 10.1. The number of unbranched alkanes of at least 4 members (excludes halogenated alkanes) is 1. The van der Waals surface area contributed by atoms with E-state index in [1.165, 1.54) is 0 Å². The molecule has 136 valence electrons. The summed E-state index contributed by atoms with van der Waals surface area (Å²) in [4.78, 5) is 16.6. The second-order valence-corrected chi connectivity index (χ2v) is 6.09. The Bertz CT molecular complexity index is 669. The van der Waals surface area contributed by atoms with Crippen molar-refractivity contribution in [3.05, 3.63) is 36.7 Å². The van der Waals surface area contributed by atoms with Crippen molar-refractivity contribution < 1.29 is 9.90 Å². The second-order valence-electron chi connectivity index (χ2n) is 6.09. The highest BCUT2D eigenvalue weighted by atomic mass is 16.3. The highest BCUT2D eigenvalue weighted by Gasteiger charge is 2.11. The van der Waals surface area contributed by atoms with Crippen LogP contribution >= 0.6 is 0 Å². The first-order valence-electron chi connectivity index (χ1n) is 8.97. The van der Waals surface area contributed by atoms with E-state index in [4.69, 9.17) is 5.11 Å². The molecular formula is C19H28N4O2. The van der Waals surface area contributed by atoms with Gasteiger partial charge in [0, 0.05) is 42.8 Å². The fourth-order valence-electron chi connectivity index (χ4n) is 2.70. The minimum absolute atomic E-state index is 0.0267. The molecule has 0 aliphatic rings. The van der Waals surface area contributed by atoms with Crippen LogP contribution in [0, 0.1) is 0 Å². The third kappa shape index (κ3) is 5.60. The lowest BCUT2D eigenvalue weighted by molar-refractivity contribution is 0.237. The van der Waals surface area contributed by atoms with Crippen LogP contribution in [0.15, 0.2) is 36.7 Å². The van der Waals surface area contributed by atoms with E-state index < -0.39 is 0 Å². The van der Waals surface area contributed by atoms with Gasteiger partial charge in [-0.3, -0.25) is 0 Å². The molecular weight excluding hydrogens is 316 g/mol. The number of aromatic nitrogens is 2. The average Bonchev–Trinajstić information content (AvgIpc) is 3.08. The highest BCUT2D eigenvalue weighted by molar-refractivity contribution is 5.90. The Morgan fingerprint density at radius 3 is 2.92 bits per heavy atom. The standard InChI is InChI=1S/C19H28N4O2/c1-3-5-11-23-12-10-20-18(23)15-7-6-8-17(14-15)22-19(25)21-16(4-2)9-13-24/h6-8,10,12,14,16,24H,3-5,9,11,13H2,1-2H3,(H2,21,22,25). The zero-order chi connectivity index (χ0) is 18.1. The lowest BCUT2D eigenvalue weighted by Crippen LogP contribution is -2.38. The quantitative estimate of drug-likeness (QED) is 0.650. The van der Waals surface area contributed by atoms with Crippen LogP contribution < -0.4 is 10.6 Å². The topological polar surface area (TPSA) is 79.2 Å². The van der Waals surface area contributed by atoms with Gasteiger partial charge in [0.2, 0.25) is 0 Å². The van der Waals surface area contributed by atoms with Crippen LogP contribution in [0.3, 0.4) is 0 Å². The molecule has 0 radical (unpaired) electrons. The number of aliphatic hydroxyl groups is 1. The van der Waals surface area contributed by atoms with Gasteiger partial charge in [-0.2, -0.15) is 0 Å². The highest BCUT2D eigenvalue weighted by Crippen LogP contribution is 2.21. The Hall–Kier alpha value is -2.34. The smallest absolute Gasteiger partial charge is 0.319 e. The van der Waals surface area contributed by atoms with Gasteiger partial charge in [-0.1, -0.05) is 32.4 Å². The first kappa shape index (κ1) is 19.0. The number of anilines is 1. The molecule has 3 N–H and O–H groups in total. The zero-order valence-corrected chi connectivity index (χ0v) is 15.0. The van der Waals surface area contributed by atoms with E-state index in [9.17, 15) is 4.79 Å². The number of aryl methyl sites for hydroxylation is 1. The first-order valence-corrected chi connectivity index (χ1v) is 8.97.